The van der Waals surface area contributed by atoms with Crippen LogP contribution < -0.4 is 21.8 Å². The van der Waals surface area contributed by atoms with E-state index in [1.807, 2.05) is 95.0 Å². The van der Waals surface area contributed by atoms with Crippen LogP contribution in [0.2, 0.25) is 0 Å². The van der Waals surface area contributed by atoms with Crippen LogP contribution in [0.3, 0.4) is 0 Å². The lowest BCUT2D eigenvalue weighted by Gasteiger charge is -2.39. The molecule has 8 atom stereocenters. The molecular formula is C77H104N14O19. The number of piperidine rings is 2. The van der Waals surface area contributed by atoms with Gasteiger partial charge in [-0.25, -0.2) is 24.4 Å². The highest BCUT2D eigenvalue weighted by molar-refractivity contribution is 5.91. The largest absolute Gasteiger partial charge is 0.508 e. The number of amides is 4. The van der Waals surface area contributed by atoms with Crippen molar-refractivity contribution in [2.45, 2.75) is 208 Å². The number of anilines is 2. The molecule has 110 heavy (non-hydrogen) atoms. The zero-order valence-electron chi connectivity index (χ0n) is 64.7. The summed E-state index contributed by atoms with van der Waals surface area (Å²) in [5, 5.41) is 24.1. The van der Waals surface area contributed by atoms with E-state index in [4.69, 9.17) is 50.7 Å². The third-order valence-corrected chi connectivity index (χ3v) is 18.1. The first-order chi connectivity index (χ1) is 52.2. The summed E-state index contributed by atoms with van der Waals surface area (Å²) >= 11 is 0. The average Bonchev–Trinajstić information content (AvgIpc) is 1.62. The first kappa shape index (κ1) is 85.3. The number of carbonyl (C=O) groups is 7. The van der Waals surface area contributed by atoms with Gasteiger partial charge in [-0.15, -0.1) is 12.8 Å². The van der Waals surface area contributed by atoms with Gasteiger partial charge < -0.3 is 57.9 Å². The van der Waals surface area contributed by atoms with Crippen molar-refractivity contribution in [1.29, 1.82) is 0 Å². The molecule has 8 heterocycles. The van der Waals surface area contributed by atoms with Gasteiger partial charge >= 0.3 is 30.3 Å². The fraction of sp³-hybridized carbons (Fsp3) is 0.571. The van der Waals surface area contributed by atoms with Crippen molar-refractivity contribution in [3.63, 3.8) is 0 Å². The van der Waals surface area contributed by atoms with Crippen LogP contribution in [0.1, 0.15) is 169 Å². The molecule has 6 aromatic rings. The molecule has 4 fully saturated rings. The Labute approximate surface area is 638 Å². The quantitative estimate of drug-likeness (QED) is 0.0193. The van der Waals surface area contributed by atoms with Crippen LogP contribution in [0.15, 0.2) is 70.8 Å². The van der Waals surface area contributed by atoms with Crippen LogP contribution in [0.5, 0.6) is 0 Å². The molecule has 4 aliphatic rings. The Hall–Kier alpha value is -10.3. The number of aliphatic hydroxyl groups is 2. The second-order valence-electron chi connectivity index (χ2n) is 29.9. The summed E-state index contributed by atoms with van der Waals surface area (Å²) in [7, 11) is 0. The third kappa shape index (κ3) is 24.9. The number of ether oxygens (including phenoxy) is 8. The minimum atomic E-state index is -0.947. The molecule has 33 heteroatoms. The van der Waals surface area contributed by atoms with Gasteiger partial charge in [0, 0.05) is 114 Å². The highest BCUT2D eigenvalue weighted by Crippen LogP contribution is 2.35. The minimum absolute atomic E-state index is 0.00110. The predicted octanol–water partition coefficient (Wildman–Crippen LogP) is 7.54. The van der Waals surface area contributed by atoms with Crippen LogP contribution in [0.25, 0.3) is 22.3 Å². The lowest BCUT2D eigenvalue weighted by atomic mass is 10.0. The van der Waals surface area contributed by atoms with Crippen LogP contribution in [0, 0.1) is 36.5 Å². The molecule has 596 valence electrons. The highest BCUT2D eigenvalue weighted by Gasteiger charge is 2.42. The second-order valence-corrected chi connectivity index (χ2v) is 29.9. The maximum atomic E-state index is 13.1. The molecule has 0 radical (unpaired) electrons. The number of terminal acetylenes is 2. The molecule has 0 bridgehead atoms. The van der Waals surface area contributed by atoms with Crippen molar-refractivity contribution in [3.8, 4) is 24.7 Å². The zero-order chi connectivity index (χ0) is 80.1. The normalized spacial score (nSPS) is 19.9. The molecule has 33 nitrogen and oxygen atoms in total. The maximum absolute atomic E-state index is 13.1. The van der Waals surface area contributed by atoms with E-state index in [1.54, 1.807) is 32.6 Å². The van der Waals surface area contributed by atoms with Crippen molar-refractivity contribution >= 4 is 76.3 Å². The second kappa shape index (κ2) is 39.4. The number of likely N-dealkylation sites (tertiary alicyclic amines) is 2. The van der Waals surface area contributed by atoms with Gasteiger partial charge in [-0.2, -0.15) is 9.97 Å². The van der Waals surface area contributed by atoms with E-state index in [0.29, 0.717) is 39.3 Å². The Bertz CT molecular complexity index is 4340. The van der Waals surface area contributed by atoms with E-state index >= 15 is 0 Å². The summed E-state index contributed by atoms with van der Waals surface area (Å²) in [6.07, 6.45) is 13.8. The number of hydrogen-bond acceptors (Lipinski definition) is 25. The Kier molecular flexibility index (Phi) is 30.5. The number of rotatable bonds is 24. The number of aromatic amines is 2. The van der Waals surface area contributed by atoms with E-state index < -0.39 is 77.3 Å². The Morgan fingerprint density at radius 2 is 1.04 bits per heavy atom. The van der Waals surface area contributed by atoms with Crippen LogP contribution in [-0.4, -0.2) is 224 Å². The van der Waals surface area contributed by atoms with Gasteiger partial charge in [0.05, 0.1) is 25.9 Å². The molecule has 6 N–H and O–H groups in total. The van der Waals surface area contributed by atoms with Gasteiger partial charge in [0.25, 0.3) is 11.1 Å². The minimum Gasteiger partial charge on any atom is -0.460 e. The number of aromatic nitrogens is 8. The first-order valence-electron chi connectivity index (χ1n) is 37.0. The number of nitrogens with zero attached hydrogens (tertiary/aromatic N) is 10. The van der Waals surface area contributed by atoms with Gasteiger partial charge in [0.1, 0.15) is 61.3 Å². The lowest BCUT2D eigenvalue weighted by Crippen LogP contribution is -2.51. The topological polar surface area (TPSA) is 398 Å². The van der Waals surface area contributed by atoms with Crippen LogP contribution in [0.4, 0.5) is 26.3 Å². The molecule has 10 rings (SSSR count). The molecule has 4 aromatic heterocycles. The number of imidazole rings is 2. The summed E-state index contributed by atoms with van der Waals surface area (Å²) in [5.74, 6) is 2.87. The lowest BCUT2D eigenvalue weighted by molar-refractivity contribution is -0.151. The Balaban J connectivity index is 0.000000234. The fourth-order valence-electron chi connectivity index (χ4n) is 12.7. The number of benzene rings is 2. The van der Waals surface area contributed by atoms with Crippen molar-refractivity contribution < 1.29 is 81.7 Å². The van der Waals surface area contributed by atoms with Gasteiger partial charge in [0.2, 0.25) is 23.7 Å². The van der Waals surface area contributed by atoms with Crippen molar-refractivity contribution in [2.75, 3.05) is 76.3 Å². The number of nitrogens with one attached hydrogen (secondary N) is 4. The van der Waals surface area contributed by atoms with Crippen LogP contribution >= 0.6 is 0 Å². The number of hydrogen-bond donors (Lipinski definition) is 6. The molecule has 4 amide bonds. The first-order valence-corrected chi connectivity index (χ1v) is 37.0. The monoisotopic (exact) mass is 1530 g/mol. The van der Waals surface area contributed by atoms with E-state index in [9.17, 15) is 53.4 Å². The molecule has 0 spiro atoms. The molecule has 0 aliphatic carbocycles. The molecule has 4 aliphatic heterocycles. The molecular weight excluding hydrogens is 1420 g/mol. The van der Waals surface area contributed by atoms with Crippen molar-refractivity contribution in [1.82, 2.24) is 58.6 Å². The number of H-pyrrole nitrogens is 2. The summed E-state index contributed by atoms with van der Waals surface area (Å²) < 4.78 is 47.8. The number of carbonyl (C=O) groups excluding carboxylic acids is 7. The van der Waals surface area contributed by atoms with Crippen molar-refractivity contribution in [2.24, 2.45) is 11.8 Å². The third-order valence-electron chi connectivity index (χ3n) is 18.1. The molecule has 0 saturated carbocycles. The number of aliphatic hydroxyl groups excluding tert-OH is 2. The predicted molar refractivity (Wildman–Crippen MR) is 403 cm³/mol. The van der Waals surface area contributed by atoms with Gasteiger partial charge in [-0.1, -0.05) is 63.8 Å². The van der Waals surface area contributed by atoms with Crippen LogP contribution in [-0.2, 0) is 70.2 Å². The van der Waals surface area contributed by atoms with Crippen molar-refractivity contribution in [3.05, 3.63) is 104 Å². The summed E-state index contributed by atoms with van der Waals surface area (Å²) in [6.45, 7) is 24.7. The van der Waals surface area contributed by atoms with Gasteiger partial charge in [-0.3, -0.25) is 68.3 Å². The standard InChI is InChI=1S/C39H51N7O10.C22H32N2O3.C16H21N5O6/c1-8-26-12-14-27(15-13-26)20-44(21-28-11-9-10-16-45(28)37(50)56-39(5,6)7)17-18-52-38(51)53-22-30-29(54-25(4)47)19-31(55-30)46-23-40-32-33(46)41-36(43-35(32)49)42-34(48)24(2)3;1-5-18-9-11-19(12-10-18)16-23(14-15-25)17-20-8-6-7-13-24(20)21(26)27-22(2,3)4;1-7(2)14(24)19-16-18-13-12(15(25)20-16)17-6-21(13)11-4-9(26-8(3)23)10(5-22)27-11/h1,12-15,23-24,28-31H,9-11,16-22H2,2-7H3,(H2,41,42,43,48,49);1,9-12,20,25H,6-8,13-17H2,2-4H3;6-7,9-11,22H,4-5H2,1-3H3,(H2,18,19,20,24,25)/t28?,29?,30-,31-;;9?,10-,11-/m1.1/s1. The molecule has 2 aromatic carbocycles. The van der Waals surface area contributed by atoms with E-state index in [1.165, 1.54) is 35.6 Å². The van der Waals surface area contributed by atoms with E-state index in [-0.39, 0.29) is 121 Å². The number of esters is 2. The molecule has 4 unspecified atom stereocenters. The highest BCUT2D eigenvalue weighted by atomic mass is 16.7. The van der Waals surface area contributed by atoms with E-state index in [2.05, 4.69) is 62.2 Å². The Morgan fingerprint density at radius 3 is 1.43 bits per heavy atom. The maximum Gasteiger partial charge on any atom is 0.508 e. The number of fused-ring (bicyclic) bond motifs is 2. The van der Waals surface area contributed by atoms with Gasteiger partial charge in [0.15, 0.2) is 22.3 Å². The smallest absolute Gasteiger partial charge is 0.460 e. The zero-order valence-corrected chi connectivity index (χ0v) is 64.7. The average molecular weight is 1530 g/mol. The SMILES string of the molecule is C#Cc1ccc(CN(CCO)CC2CCCCN2C(=O)OC(C)(C)C)cc1.C#Cc1ccc(CN(CCOC(=O)OC[C@H]2O[C@@H](n3cnc4c(=O)[nH]c(NC(=O)C(C)C)nc43)CC2OC(C)=O)CC2CCCCN2C(=O)OC(C)(C)C)cc1.CC(=O)OC1C[C@H](n2cnc3c(=O)[nH]c(NC(=O)C(C)C)nc32)O[C@@H]1CO. The summed E-state index contributed by atoms with van der Waals surface area (Å²) in [5.41, 5.74) is 2.00. The van der Waals surface area contributed by atoms with E-state index in [0.717, 1.165) is 73.9 Å². The summed E-state index contributed by atoms with van der Waals surface area (Å²) in [4.78, 5) is 141. The summed E-state index contributed by atoms with van der Waals surface area (Å²) in [6, 6.07) is 15.5. The Morgan fingerprint density at radius 1 is 0.618 bits per heavy atom. The fourth-order valence-corrected chi connectivity index (χ4v) is 12.7. The molecule has 4 saturated heterocycles. The van der Waals surface area contributed by atoms with Gasteiger partial charge in [-0.05, 0) is 115 Å².